The van der Waals surface area contributed by atoms with E-state index >= 15 is 0 Å². The second-order valence-corrected chi connectivity index (χ2v) is 2.48. The summed E-state index contributed by atoms with van der Waals surface area (Å²) in [6, 6.07) is 0. The number of nitro groups is 1. The molecule has 0 saturated heterocycles. The highest BCUT2D eigenvalue weighted by molar-refractivity contribution is 5.56. The number of hydrogen-bond donors (Lipinski definition) is 1. The van der Waals surface area contributed by atoms with Gasteiger partial charge in [0.25, 0.3) is 18.1 Å². The molecule has 0 atom stereocenters. The first kappa shape index (κ1) is 11.1. The molecule has 0 aliphatic rings. The predicted octanol–water partition coefficient (Wildman–Crippen LogP) is 1.64. The molecule has 0 spiro atoms. The van der Waals surface area contributed by atoms with Crippen LogP contribution in [0.1, 0.15) is 12.0 Å². The van der Waals surface area contributed by atoms with Gasteiger partial charge in [-0.2, -0.15) is 0 Å². The SMILES string of the molecule is COc1ncc(C(F)F)c([N+](=O)[O-])c1O. The fourth-order valence-corrected chi connectivity index (χ4v) is 0.989. The molecular weight excluding hydrogens is 214 g/mol. The van der Waals surface area contributed by atoms with Gasteiger partial charge in [0.2, 0.25) is 0 Å². The second-order valence-electron chi connectivity index (χ2n) is 2.48. The highest BCUT2D eigenvalue weighted by atomic mass is 19.3. The van der Waals surface area contributed by atoms with Crippen molar-refractivity contribution in [2.24, 2.45) is 0 Å². The van der Waals surface area contributed by atoms with Crippen molar-refractivity contribution in [1.82, 2.24) is 4.98 Å². The van der Waals surface area contributed by atoms with E-state index in [-0.39, 0.29) is 0 Å². The van der Waals surface area contributed by atoms with Crippen LogP contribution >= 0.6 is 0 Å². The number of pyridine rings is 1. The molecule has 1 heterocycles. The van der Waals surface area contributed by atoms with E-state index in [1.165, 1.54) is 0 Å². The highest BCUT2D eigenvalue weighted by Gasteiger charge is 2.29. The molecular formula is C7H6F2N2O4. The fraction of sp³-hybridized carbons (Fsp3) is 0.286. The first-order valence-electron chi connectivity index (χ1n) is 3.67. The number of alkyl halides is 2. The quantitative estimate of drug-likeness (QED) is 0.618. The van der Waals surface area contributed by atoms with E-state index in [1.54, 1.807) is 0 Å². The van der Waals surface area contributed by atoms with Crippen LogP contribution in [0.15, 0.2) is 6.20 Å². The summed E-state index contributed by atoms with van der Waals surface area (Å²) in [5.74, 6) is -1.47. The normalized spacial score (nSPS) is 10.4. The number of ether oxygens (including phenoxy) is 1. The van der Waals surface area contributed by atoms with E-state index in [1.807, 2.05) is 0 Å². The van der Waals surface area contributed by atoms with Gasteiger partial charge in [0, 0.05) is 6.20 Å². The van der Waals surface area contributed by atoms with Crippen molar-refractivity contribution in [3.8, 4) is 11.6 Å². The van der Waals surface area contributed by atoms with Crippen LogP contribution in [0.25, 0.3) is 0 Å². The van der Waals surface area contributed by atoms with Gasteiger partial charge in [0.1, 0.15) is 5.56 Å². The molecule has 1 aromatic heterocycles. The molecule has 0 aliphatic heterocycles. The molecule has 8 heteroatoms. The summed E-state index contributed by atoms with van der Waals surface area (Å²) in [4.78, 5) is 12.6. The Morgan fingerprint density at radius 2 is 2.27 bits per heavy atom. The van der Waals surface area contributed by atoms with Crippen LogP contribution < -0.4 is 4.74 Å². The summed E-state index contributed by atoms with van der Waals surface area (Å²) >= 11 is 0. The lowest BCUT2D eigenvalue weighted by atomic mass is 10.2. The Morgan fingerprint density at radius 1 is 1.67 bits per heavy atom. The Labute approximate surface area is 82.3 Å². The first-order valence-corrected chi connectivity index (χ1v) is 3.67. The average Bonchev–Trinajstić information content (AvgIpc) is 2.16. The van der Waals surface area contributed by atoms with Gasteiger partial charge in [-0.1, -0.05) is 0 Å². The maximum absolute atomic E-state index is 12.3. The van der Waals surface area contributed by atoms with Crippen LogP contribution in [-0.4, -0.2) is 22.1 Å². The van der Waals surface area contributed by atoms with E-state index in [0.717, 1.165) is 7.11 Å². The first-order chi connectivity index (χ1) is 6.99. The van der Waals surface area contributed by atoms with Crippen LogP contribution in [0.3, 0.4) is 0 Å². The van der Waals surface area contributed by atoms with Gasteiger partial charge in [0.15, 0.2) is 0 Å². The second kappa shape index (κ2) is 4.03. The van der Waals surface area contributed by atoms with Crippen molar-refractivity contribution in [2.45, 2.75) is 6.43 Å². The molecule has 0 saturated carbocycles. The summed E-state index contributed by atoms with van der Waals surface area (Å²) in [5.41, 5.74) is -2.03. The van der Waals surface area contributed by atoms with Crippen molar-refractivity contribution >= 4 is 5.69 Å². The third kappa shape index (κ3) is 1.92. The van der Waals surface area contributed by atoms with Crippen LogP contribution in [0.2, 0.25) is 0 Å². The molecule has 0 radical (unpaired) electrons. The summed E-state index contributed by atoms with van der Waals surface area (Å²) in [5, 5.41) is 19.7. The van der Waals surface area contributed by atoms with Gasteiger partial charge < -0.3 is 9.84 Å². The largest absolute Gasteiger partial charge is 0.498 e. The number of halogens is 2. The smallest absolute Gasteiger partial charge is 0.326 e. The van der Waals surface area contributed by atoms with Crippen LogP contribution in [0.4, 0.5) is 14.5 Å². The van der Waals surface area contributed by atoms with Crippen molar-refractivity contribution in [1.29, 1.82) is 0 Å². The van der Waals surface area contributed by atoms with Crippen LogP contribution in [-0.2, 0) is 0 Å². The molecule has 0 aromatic carbocycles. The molecule has 6 nitrogen and oxygen atoms in total. The number of hydrogen-bond acceptors (Lipinski definition) is 5. The minimum absolute atomic E-state index is 0.467. The topological polar surface area (TPSA) is 85.5 Å². The van der Waals surface area contributed by atoms with Crippen LogP contribution in [0, 0.1) is 10.1 Å². The Bertz CT molecular complexity index is 397. The van der Waals surface area contributed by atoms with Crippen LogP contribution in [0.5, 0.6) is 11.6 Å². The van der Waals surface area contributed by atoms with Gasteiger partial charge in [-0.25, -0.2) is 13.8 Å². The molecule has 15 heavy (non-hydrogen) atoms. The summed E-state index contributed by atoms with van der Waals surface area (Å²) < 4.78 is 29.1. The van der Waals surface area contributed by atoms with E-state index < -0.39 is 34.2 Å². The van der Waals surface area contributed by atoms with Crippen molar-refractivity contribution in [3.63, 3.8) is 0 Å². The Kier molecular flexibility index (Phi) is 2.98. The van der Waals surface area contributed by atoms with E-state index in [2.05, 4.69) is 9.72 Å². The number of aromatic nitrogens is 1. The zero-order chi connectivity index (χ0) is 11.6. The maximum Gasteiger partial charge on any atom is 0.326 e. The van der Waals surface area contributed by atoms with E-state index in [4.69, 9.17) is 0 Å². The Hall–Kier alpha value is -1.99. The molecule has 1 rings (SSSR count). The molecule has 0 amide bonds. The van der Waals surface area contributed by atoms with E-state index in [9.17, 15) is 24.0 Å². The minimum atomic E-state index is -3.09. The summed E-state index contributed by atoms with van der Waals surface area (Å²) in [6.45, 7) is 0. The number of methoxy groups -OCH3 is 1. The molecule has 0 fully saturated rings. The van der Waals surface area contributed by atoms with Gasteiger partial charge in [-0.15, -0.1) is 0 Å². The van der Waals surface area contributed by atoms with Gasteiger partial charge in [0.05, 0.1) is 12.0 Å². The Morgan fingerprint density at radius 3 is 2.67 bits per heavy atom. The van der Waals surface area contributed by atoms with Crippen molar-refractivity contribution < 1.29 is 23.5 Å². The zero-order valence-electron chi connectivity index (χ0n) is 7.48. The molecule has 0 bridgehead atoms. The number of aromatic hydroxyl groups is 1. The zero-order valence-corrected chi connectivity index (χ0v) is 7.48. The third-order valence-corrected chi connectivity index (χ3v) is 1.63. The molecule has 1 aromatic rings. The minimum Gasteiger partial charge on any atom is -0.498 e. The molecule has 0 unspecified atom stereocenters. The number of nitrogens with zero attached hydrogens (tertiary/aromatic N) is 2. The predicted molar refractivity (Wildman–Crippen MR) is 44.1 cm³/mol. The van der Waals surface area contributed by atoms with Crippen molar-refractivity contribution in [3.05, 3.63) is 21.9 Å². The molecule has 82 valence electrons. The standard InChI is InChI=1S/C7H6F2N2O4/c1-15-7-5(12)4(11(13)14)3(2-10-7)6(8)9/h2,6,12H,1H3. The lowest BCUT2D eigenvalue weighted by molar-refractivity contribution is -0.387. The van der Waals surface area contributed by atoms with Gasteiger partial charge in [-0.05, 0) is 0 Å². The monoisotopic (exact) mass is 220 g/mol. The lowest BCUT2D eigenvalue weighted by Crippen LogP contribution is -2.00. The maximum atomic E-state index is 12.3. The summed E-state index contributed by atoms with van der Waals surface area (Å²) in [6.07, 6.45) is -2.49. The summed E-state index contributed by atoms with van der Waals surface area (Å²) in [7, 11) is 1.10. The fourth-order valence-electron chi connectivity index (χ4n) is 0.989. The van der Waals surface area contributed by atoms with Gasteiger partial charge in [-0.3, -0.25) is 10.1 Å². The van der Waals surface area contributed by atoms with Crippen molar-refractivity contribution in [2.75, 3.05) is 7.11 Å². The highest BCUT2D eigenvalue weighted by Crippen LogP contribution is 2.40. The number of rotatable bonds is 3. The lowest BCUT2D eigenvalue weighted by Gasteiger charge is -2.05. The van der Waals surface area contributed by atoms with Gasteiger partial charge >= 0.3 is 5.69 Å². The van der Waals surface area contributed by atoms with E-state index in [0.29, 0.717) is 6.20 Å². The average molecular weight is 220 g/mol. The third-order valence-electron chi connectivity index (χ3n) is 1.63. The Balaban J connectivity index is 3.44. The molecule has 0 aliphatic carbocycles. The molecule has 1 N–H and O–H groups in total.